The third kappa shape index (κ3) is 4.24. The number of esters is 1. The van der Waals surface area contributed by atoms with Crippen LogP contribution in [0.4, 0.5) is 5.69 Å². The monoisotopic (exact) mass is 262 g/mol. The van der Waals surface area contributed by atoms with Crippen LogP contribution in [0.15, 0.2) is 24.3 Å². The van der Waals surface area contributed by atoms with Crippen LogP contribution in [0, 0.1) is 0 Å². The zero-order valence-corrected chi connectivity index (χ0v) is 11.4. The molecule has 4 heteroatoms. The molecule has 2 rings (SSSR count). The van der Waals surface area contributed by atoms with Crippen molar-refractivity contribution >= 4 is 11.7 Å². The van der Waals surface area contributed by atoms with Crippen LogP contribution in [-0.2, 0) is 4.74 Å². The first-order valence-electron chi connectivity index (χ1n) is 6.94. The van der Waals surface area contributed by atoms with Crippen LogP contribution in [0.25, 0.3) is 0 Å². The molecule has 19 heavy (non-hydrogen) atoms. The summed E-state index contributed by atoms with van der Waals surface area (Å²) in [6, 6.07) is 7.57. The summed E-state index contributed by atoms with van der Waals surface area (Å²) in [5, 5.41) is 3.50. The molecular weight excluding hydrogens is 240 g/mol. The quantitative estimate of drug-likeness (QED) is 0.631. The molecule has 0 aromatic heterocycles. The number of benzene rings is 1. The van der Waals surface area contributed by atoms with Gasteiger partial charge in [0, 0.05) is 17.8 Å². The Hall–Kier alpha value is -1.55. The highest BCUT2D eigenvalue weighted by molar-refractivity contribution is 5.89. The van der Waals surface area contributed by atoms with Crippen LogP contribution in [0.3, 0.4) is 0 Å². The van der Waals surface area contributed by atoms with Crippen molar-refractivity contribution in [1.82, 2.24) is 5.32 Å². The molecule has 0 radical (unpaired) electrons. The van der Waals surface area contributed by atoms with E-state index in [-0.39, 0.29) is 12.0 Å². The predicted molar refractivity (Wildman–Crippen MR) is 76.0 cm³/mol. The number of anilines is 1. The van der Waals surface area contributed by atoms with E-state index >= 15 is 0 Å². The molecule has 1 aromatic rings. The first-order chi connectivity index (χ1) is 9.15. The maximum absolute atomic E-state index is 11.8. The van der Waals surface area contributed by atoms with Crippen molar-refractivity contribution in [3.8, 4) is 0 Å². The highest BCUT2D eigenvalue weighted by Crippen LogP contribution is 2.18. The third-order valence-electron chi connectivity index (χ3n) is 3.49. The Morgan fingerprint density at radius 1 is 1.37 bits per heavy atom. The molecule has 1 aliphatic carbocycles. The summed E-state index contributed by atoms with van der Waals surface area (Å²) in [6.07, 6.45) is 5.07. The number of hydrogen-bond donors (Lipinski definition) is 2. The van der Waals surface area contributed by atoms with E-state index in [9.17, 15) is 4.79 Å². The molecule has 0 bridgehead atoms. The summed E-state index contributed by atoms with van der Waals surface area (Å²) in [7, 11) is 0. The smallest absolute Gasteiger partial charge is 0.338 e. The fourth-order valence-electron chi connectivity index (χ4n) is 2.45. The first kappa shape index (κ1) is 13.9. The van der Waals surface area contributed by atoms with Crippen molar-refractivity contribution in [3.05, 3.63) is 29.8 Å². The van der Waals surface area contributed by atoms with E-state index in [1.54, 1.807) is 24.3 Å². The van der Waals surface area contributed by atoms with Crippen LogP contribution in [0.1, 0.15) is 43.0 Å². The number of nitrogen functional groups attached to an aromatic ring is 1. The second-order valence-electron chi connectivity index (χ2n) is 5.27. The van der Waals surface area contributed by atoms with Gasteiger partial charge in [0.2, 0.25) is 0 Å². The van der Waals surface area contributed by atoms with Crippen LogP contribution in [0.5, 0.6) is 0 Å². The second kappa shape index (κ2) is 6.57. The van der Waals surface area contributed by atoms with Gasteiger partial charge in [-0.2, -0.15) is 0 Å². The van der Waals surface area contributed by atoms with Gasteiger partial charge in [0.15, 0.2) is 0 Å². The fourth-order valence-corrected chi connectivity index (χ4v) is 2.45. The third-order valence-corrected chi connectivity index (χ3v) is 3.49. The summed E-state index contributed by atoms with van der Waals surface area (Å²) in [6.45, 7) is 2.45. The van der Waals surface area contributed by atoms with Gasteiger partial charge < -0.3 is 15.8 Å². The summed E-state index contributed by atoms with van der Waals surface area (Å²) in [4.78, 5) is 11.8. The summed E-state index contributed by atoms with van der Waals surface area (Å²) in [5.41, 5.74) is 6.77. The van der Waals surface area contributed by atoms with Crippen molar-refractivity contribution in [2.24, 2.45) is 0 Å². The van der Waals surface area contributed by atoms with Crippen molar-refractivity contribution in [2.45, 2.75) is 44.7 Å². The lowest BCUT2D eigenvalue weighted by Gasteiger charge is -2.19. The Balaban J connectivity index is 1.74. The number of ether oxygens (including phenoxy) is 1. The lowest BCUT2D eigenvalue weighted by Crippen LogP contribution is -2.38. The minimum Gasteiger partial charge on any atom is -0.460 e. The summed E-state index contributed by atoms with van der Waals surface area (Å²) >= 11 is 0. The van der Waals surface area contributed by atoms with Gasteiger partial charge in [-0.25, -0.2) is 4.79 Å². The molecule has 1 saturated carbocycles. The molecule has 0 unspecified atom stereocenters. The Morgan fingerprint density at radius 2 is 2.00 bits per heavy atom. The van der Waals surface area contributed by atoms with E-state index in [2.05, 4.69) is 12.2 Å². The standard InChI is InChI=1S/C15H22N2O2/c1-11(17-14-4-2-3-5-14)10-19-15(18)12-6-8-13(16)9-7-12/h6-9,11,14,17H,2-5,10,16H2,1H3/t11-/m1/s1. The largest absolute Gasteiger partial charge is 0.460 e. The van der Waals surface area contributed by atoms with Crippen LogP contribution in [0.2, 0.25) is 0 Å². The highest BCUT2D eigenvalue weighted by atomic mass is 16.5. The van der Waals surface area contributed by atoms with E-state index in [1.807, 2.05) is 0 Å². The van der Waals surface area contributed by atoms with E-state index in [0.717, 1.165) is 0 Å². The SMILES string of the molecule is C[C@H](COC(=O)c1ccc(N)cc1)NC1CCCC1. The fraction of sp³-hybridized carbons (Fsp3) is 0.533. The summed E-state index contributed by atoms with van der Waals surface area (Å²) < 4.78 is 5.30. The van der Waals surface area contributed by atoms with Gasteiger partial charge in [0.1, 0.15) is 6.61 Å². The van der Waals surface area contributed by atoms with Crippen LogP contribution >= 0.6 is 0 Å². The lowest BCUT2D eigenvalue weighted by molar-refractivity contribution is 0.0467. The zero-order valence-electron chi connectivity index (χ0n) is 11.4. The molecule has 0 heterocycles. The number of nitrogens with two attached hydrogens (primary N) is 1. The van der Waals surface area contributed by atoms with Gasteiger partial charge in [0.25, 0.3) is 0 Å². The number of hydrogen-bond acceptors (Lipinski definition) is 4. The lowest BCUT2D eigenvalue weighted by atomic mass is 10.2. The molecule has 104 valence electrons. The Labute approximate surface area is 114 Å². The minimum absolute atomic E-state index is 0.195. The predicted octanol–water partition coefficient (Wildman–Crippen LogP) is 2.35. The maximum atomic E-state index is 11.8. The van der Waals surface area contributed by atoms with Gasteiger partial charge in [-0.3, -0.25) is 0 Å². The maximum Gasteiger partial charge on any atom is 0.338 e. The van der Waals surface area contributed by atoms with Crippen molar-refractivity contribution in [1.29, 1.82) is 0 Å². The van der Waals surface area contributed by atoms with Gasteiger partial charge in [-0.1, -0.05) is 12.8 Å². The topological polar surface area (TPSA) is 64.3 Å². The molecule has 0 saturated heterocycles. The molecule has 0 amide bonds. The van der Waals surface area contributed by atoms with Gasteiger partial charge in [-0.15, -0.1) is 0 Å². The number of nitrogens with one attached hydrogen (secondary N) is 1. The molecule has 3 N–H and O–H groups in total. The molecular formula is C15H22N2O2. The van der Waals surface area contributed by atoms with E-state index in [0.29, 0.717) is 23.9 Å². The van der Waals surface area contributed by atoms with Gasteiger partial charge in [0.05, 0.1) is 5.56 Å². The first-order valence-corrected chi connectivity index (χ1v) is 6.94. The molecule has 4 nitrogen and oxygen atoms in total. The molecule has 0 spiro atoms. The number of carbonyl (C=O) groups excluding carboxylic acids is 1. The molecule has 0 aliphatic heterocycles. The molecule has 1 aliphatic rings. The highest BCUT2D eigenvalue weighted by Gasteiger charge is 2.17. The van der Waals surface area contributed by atoms with Gasteiger partial charge in [-0.05, 0) is 44.0 Å². The summed E-state index contributed by atoms with van der Waals surface area (Å²) in [5.74, 6) is -0.292. The van der Waals surface area contributed by atoms with E-state index in [4.69, 9.17) is 10.5 Å². The van der Waals surface area contributed by atoms with Crippen molar-refractivity contribution < 1.29 is 9.53 Å². The molecule has 1 fully saturated rings. The van der Waals surface area contributed by atoms with E-state index in [1.165, 1.54) is 25.7 Å². The van der Waals surface area contributed by atoms with E-state index < -0.39 is 0 Å². The Kier molecular flexibility index (Phi) is 4.80. The van der Waals surface area contributed by atoms with Crippen LogP contribution < -0.4 is 11.1 Å². The molecule has 1 atom stereocenters. The zero-order chi connectivity index (χ0) is 13.7. The van der Waals surface area contributed by atoms with Crippen LogP contribution in [-0.4, -0.2) is 24.7 Å². The Bertz CT molecular complexity index is 411. The minimum atomic E-state index is -0.292. The molecule has 1 aromatic carbocycles. The van der Waals surface area contributed by atoms with Crippen molar-refractivity contribution in [2.75, 3.05) is 12.3 Å². The Morgan fingerprint density at radius 3 is 2.63 bits per heavy atom. The van der Waals surface area contributed by atoms with Gasteiger partial charge >= 0.3 is 5.97 Å². The second-order valence-corrected chi connectivity index (χ2v) is 5.27. The number of carbonyl (C=O) groups is 1. The normalized spacial score (nSPS) is 17.3. The van der Waals surface area contributed by atoms with Crippen molar-refractivity contribution in [3.63, 3.8) is 0 Å². The average molecular weight is 262 g/mol. The number of rotatable bonds is 5. The average Bonchev–Trinajstić information content (AvgIpc) is 2.89.